The predicted octanol–water partition coefficient (Wildman–Crippen LogP) is -0.186. The fraction of sp³-hybridized carbons (Fsp3) is 0.333. The number of primary amides is 1. The number of carbonyl (C=O) groups excluding carboxylic acids is 2. The molecule has 104 valence electrons. The molecule has 0 aliphatic heterocycles. The van der Waals surface area contributed by atoms with Crippen molar-refractivity contribution in [3.63, 3.8) is 0 Å². The topological polar surface area (TPSA) is 99.9 Å². The second kappa shape index (κ2) is 6.48. The van der Waals surface area contributed by atoms with Gasteiger partial charge in [0.25, 0.3) is 0 Å². The van der Waals surface area contributed by atoms with Gasteiger partial charge in [0.2, 0.25) is 5.75 Å². The number of carbonyl (C=O) groups is 2. The van der Waals surface area contributed by atoms with Crippen molar-refractivity contribution in [1.29, 1.82) is 0 Å². The monoisotopic (exact) mass is 268 g/mol. The molecule has 0 aromatic heterocycles. The average molecular weight is 268 g/mol. The molecule has 0 saturated carbocycles. The molecule has 0 radical (unpaired) electrons. The van der Waals surface area contributed by atoms with Crippen molar-refractivity contribution >= 4 is 11.8 Å². The molecule has 3 N–H and O–H groups in total. The fourth-order valence-electron chi connectivity index (χ4n) is 1.51. The van der Waals surface area contributed by atoms with Gasteiger partial charge in [0.05, 0.1) is 21.3 Å². The number of nitrogens with one attached hydrogen (secondary N) is 1. The molecule has 0 aliphatic carbocycles. The summed E-state index contributed by atoms with van der Waals surface area (Å²) in [5.41, 5.74) is 5.52. The first-order chi connectivity index (χ1) is 9.03. The van der Waals surface area contributed by atoms with Crippen LogP contribution in [0.15, 0.2) is 12.1 Å². The Hall–Kier alpha value is -2.44. The molecule has 0 bridgehead atoms. The van der Waals surface area contributed by atoms with Gasteiger partial charge in [-0.3, -0.25) is 9.59 Å². The maximum absolute atomic E-state index is 11.1. The van der Waals surface area contributed by atoms with E-state index in [1.807, 2.05) is 0 Å². The van der Waals surface area contributed by atoms with Crippen LogP contribution in [0, 0.1) is 0 Å². The quantitative estimate of drug-likeness (QED) is 0.721. The predicted molar refractivity (Wildman–Crippen MR) is 67.1 cm³/mol. The van der Waals surface area contributed by atoms with Crippen LogP contribution in [-0.2, 0) is 16.1 Å². The lowest BCUT2D eigenvalue weighted by molar-refractivity contribution is -0.137. The van der Waals surface area contributed by atoms with Crippen LogP contribution in [0.25, 0.3) is 0 Å². The summed E-state index contributed by atoms with van der Waals surface area (Å²) in [6.07, 6.45) is 0. The normalized spacial score (nSPS) is 9.63. The van der Waals surface area contributed by atoms with Crippen LogP contribution in [0.2, 0.25) is 0 Å². The molecule has 0 saturated heterocycles. The van der Waals surface area contributed by atoms with Gasteiger partial charge in [-0.1, -0.05) is 0 Å². The molecule has 0 aliphatic rings. The maximum Gasteiger partial charge on any atom is 0.309 e. The minimum absolute atomic E-state index is 0.123. The van der Waals surface area contributed by atoms with Gasteiger partial charge in [-0.2, -0.15) is 0 Å². The van der Waals surface area contributed by atoms with Crippen molar-refractivity contribution in [1.82, 2.24) is 5.32 Å². The van der Waals surface area contributed by atoms with Crippen LogP contribution in [0.1, 0.15) is 5.56 Å². The Labute approximate surface area is 110 Å². The lowest BCUT2D eigenvalue weighted by Crippen LogP contribution is -2.35. The largest absolute Gasteiger partial charge is 0.493 e. The molecule has 0 unspecified atom stereocenters. The molecule has 7 heteroatoms. The average Bonchev–Trinajstić information content (AvgIpc) is 2.42. The van der Waals surface area contributed by atoms with Gasteiger partial charge in [0, 0.05) is 6.54 Å². The summed E-state index contributed by atoms with van der Waals surface area (Å²) >= 11 is 0. The molecule has 1 rings (SSSR count). The zero-order valence-electron chi connectivity index (χ0n) is 11.0. The molecule has 19 heavy (non-hydrogen) atoms. The molecular formula is C12H16N2O5. The van der Waals surface area contributed by atoms with Crippen LogP contribution in [0.5, 0.6) is 17.2 Å². The number of methoxy groups -OCH3 is 3. The number of ether oxygens (including phenoxy) is 3. The maximum atomic E-state index is 11.1. The van der Waals surface area contributed by atoms with Crippen LogP contribution >= 0.6 is 0 Å². The molecule has 1 aromatic rings. The van der Waals surface area contributed by atoms with E-state index in [1.54, 1.807) is 12.1 Å². The van der Waals surface area contributed by atoms with E-state index >= 15 is 0 Å². The molecular weight excluding hydrogens is 252 g/mol. The number of rotatable bonds is 5. The Kier molecular flexibility index (Phi) is 4.99. The summed E-state index contributed by atoms with van der Waals surface area (Å²) < 4.78 is 15.5. The molecule has 0 fully saturated rings. The zero-order chi connectivity index (χ0) is 14.4. The van der Waals surface area contributed by atoms with Crippen molar-refractivity contribution < 1.29 is 23.8 Å². The summed E-state index contributed by atoms with van der Waals surface area (Å²) in [7, 11) is 4.47. The summed E-state index contributed by atoms with van der Waals surface area (Å²) in [4.78, 5) is 21.7. The first kappa shape index (κ1) is 14.6. The Morgan fingerprint density at radius 3 is 2.00 bits per heavy atom. The van der Waals surface area contributed by atoms with E-state index in [0.717, 1.165) is 0 Å². The Morgan fingerprint density at radius 2 is 1.63 bits per heavy atom. The van der Waals surface area contributed by atoms with Crippen LogP contribution in [0.4, 0.5) is 0 Å². The smallest absolute Gasteiger partial charge is 0.309 e. The summed E-state index contributed by atoms with van der Waals surface area (Å²) in [5, 5.41) is 2.37. The number of nitrogens with two attached hydrogens (primary N) is 1. The molecule has 1 aromatic carbocycles. The minimum Gasteiger partial charge on any atom is -0.493 e. The number of amides is 2. The van der Waals surface area contributed by atoms with Crippen molar-refractivity contribution in [2.45, 2.75) is 6.54 Å². The number of hydrogen-bond donors (Lipinski definition) is 2. The van der Waals surface area contributed by atoms with Gasteiger partial charge in [0.15, 0.2) is 11.5 Å². The molecule has 0 atom stereocenters. The molecule has 0 spiro atoms. The van der Waals surface area contributed by atoms with E-state index in [4.69, 9.17) is 19.9 Å². The highest BCUT2D eigenvalue weighted by Crippen LogP contribution is 2.38. The standard InChI is InChI=1S/C12H16N2O5/c1-17-8-4-7(6-14-12(16)11(13)15)5-9(18-2)10(8)19-3/h4-5H,6H2,1-3H3,(H2,13,15)(H,14,16). The molecule has 0 heterocycles. The number of hydrogen-bond acceptors (Lipinski definition) is 5. The summed E-state index contributed by atoms with van der Waals surface area (Å²) in [6.45, 7) is 0.123. The second-order valence-electron chi connectivity index (χ2n) is 3.58. The van der Waals surface area contributed by atoms with E-state index in [9.17, 15) is 9.59 Å². The van der Waals surface area contributed by atoms with Crippen molar-refractivity contribution in [2.24, 2.45) is 5.73 Å². The first-order valence-corrected chi connectivity index (χ1v) is 5.40. The summed E-state index contributed by atoms with van der Waals surface area (Å²) in [6, 6.07) is 3.34. The van der Waals surface area contributed by atoms with Gasteiger partial charge >= 0.3 is 11.8 Å². The highest BCUT2D eigenvalue weighted by atomic mass is 16.5. The van der Waals surface area contributed by atoms with Gasteiger partial charge in [-0.15, -0.1) is 0 Å². The third kappa shape index (κ3) is 3.51. The van der Waals surface area contributed by atoms with E-state index in [1.165, 1.54) is 21.3 Å². The SMILES string of the molecule is COc1cc(CNC(=O)C(N)=O)cc(OC)c1OC. The van der Waals surface area contributed by atoms with E-state index in [2.05, 4.69) is 5.32 Å². The van der Waals surface area contributed by atoms with Gasteiger partial charge in [0.1, 0.15) is 0 Å². The molecule has 7 nitrogen and oxygen atoms in total. The van der Waals surface area contributed by atoms with Crippen LogP contribution in [-0.4, -0.2) is 33.1 Å². The Morgan fingerprint density at radius 1 is 1.11 bits per heavy atom. The van der Waals surface area contributed by atoms with Gasteiger partial charge in [-0.25, -0.2) is 0 Å². The Balaban J connectivity index is 2.96. The third-order valence-electron chi connectivity index (χ3n) is 2.40. The van der Waals surface area contributed by atoms with Crippen LogP contribution < -0.4 is 25.3 Å². The van der Waals surface area contributed by atoms with E-state index in [0.29, 0.717) is 22.8 Å². The first-order valence-electron chi connectivity index (χ1n) is 5.40. The Bertz CT molecular complexity index is 462. The highest BCUT2D eigenvalue weighted by molar-refractivity contribution is 6.34. The van der Waals surface area contributed by atoms with Crippen molar-refractivity contribution in [3.8, 4) is 17.2 Å². The third-order valence-corrected chi connectivity index (χ3v) is 2.40. The van der Waals surface area contributed by atoms with Crippen LogP contribution in [0.3, 0.4) is 0 Å². The summed E-state index contributed by atoms with van der Waals surface area (Å²) in [5.74, 6) is -0.508. The fourth-order valence-corrected chi connectivity index (χ4v) is 1.51. The highest BCUT2D eigenvalue weighted by Gasteiger charge is 2.14. The van der Waals surface area contributed by atoms with E-state index < -0.39 is 11.8 Å². The van der Waals surface area contributed by atoms with Gasteiger partial charge < -0.3 is 25.3 Å². The van der Waals surface area contributed by atoms with Crippen molar-refractivity contribution in [3.05, 3.63) is 17.7 Å². The number of benzene rings is 1. The molecule has 2 amide bonds. The van der Waals surface area contributed by atoms with E-state index in [-0.39, 0.29) is 6.54 Å². The zero-order valence-corrected chi connectivity index (χ0v) is 11.0. The minimum atomic E-state index is -1.03. The second-order valence-corrected chi connectivity index (χ2v) is 3.58. The van der Waals surface area contributed by atoms with Crippen molar-refractivity contribution in [2.75, 3.05) is 21.3 Å². The lowest BCUT2D eigenvalue weighted by Gasteiger charge is -2.14. The lowest BCUT2D eigenvalue weighted by atomic mass is 10.1. The van der Waals surface area contributed by atoms with Gasteiger partial charge in [-0.05, 0) is 17.7 Å².